The Morgan fingerprint density at radius 3 is 2.18 bits per heavy atom. The maximum Gasteiger partial charge on any atom is 0.217 e. The molecular formula is C6H14Cl2N2O. The van der Waals surface area contributed by atoms with Gasteiger partial charge in [0.2, 0.25) is 5.91 Å². The van der Waals surface area contributed by atoms with Crippen molar-refractivity contribution in [2.45, 2.75) is 31.8 Å². The zero-order chi connectivity index (χ0) is 6.85. The number of amides is 1. The van der Waals surface area contributed by atoms with E-state index >= 15 is 0 Å². The van der Waals surface area contributed by atoms with Crippen molar-refractivity contribution in [2.75, 3.05) is 0 Å². The van der Waals surface area contributed by atoms with Gasteiger partial charge in [-0.25, -0.2) is 0 Å². The Bertz CT molecular complexity index is 126. The maximum atomic E-state index is 10.4. The molecule has 0 aromatic heterocycles. The van der Waals surface area contributed by atoms with Crippen LogP contribution in [0, 0.1) is 0 Å². The summed E-state index contributed by atoms with van der Waals surface area (Å²) in [4.78, 5) is 10.4. The van der Waals surface area contributed by atoms with E-state index < -0.39 is 0 Å². The Labute approximate surface area is 78.9 Å². The monoisotopic (exact) mass is 200 g/mol. The summed E-state index contributed by atoms with van der Waals surface area (Å²) < 4.78 is 0. The number of hydrogen-bond acceptors (Lipinski definition) is 2. The molecule has 1 aliphatic carbocycles. The number of carbonyl (C=O) groups excluding carboxylic acids is 1. The van der Waals surface area contributed by atoms with Gasteiger partial charge in [0.05, 0.1) is 0 Å². The largest absolute Gasteiger partial charge is 0.353 e. The van der Waals surface area contributed by atoms with Gasteiger partial charge >= 0.3 is 0 Å². The van der Waals surface area contributed by atoms with Gasteiger partial charge in [0.1, 0.15) is 0 Å². The van der Waals surface area contributed by atoms with Crippen LogP contribution in [-0.4, -0.2) is 18.0 Å². The van der Waals surface area contributed by atoms with Gasteiger partial charge in [-0.05, 0) is 12.8 Å². The van der Waals surface area contributed by atoms with Crippen LogP contribution in [0.5, 0.6) is 0 Å². The summed E-state index contributed by atoms with van der Waals surface area (Å²) in [5.74, 6) is 0.0481. The van der Waals surface area contributed by atoms with Crippen LogP contribution in [-0.2, 0) is 4.79 Å². The molecule has 0 unspecified atom stereocenters. The van der Waals surface area contributed by atoms with Crippen molar-refractivity contribution in [3.63, 3.8) is 0 Å². The third kappa shape index (κ3) is 4.45. The van der Waals surface area contributed by atoms with Crippen LogP contribution in [0.4, 0.5) is 0 Å². The normalized spacial score (nSPS) is 27.1. The van der Waals surface area contributed by atoms with Gasteiger partial charge in [0, 0.05) is 19.0 Å². The molecule has 0 saturated heterocycles. The van der Waals surface area contributed by atoms with Gasteiger partial charge in [-0.3, -0.25) is 4.79 Å². The van der Waals surface area contributed by atoms with E-state index in [0.717, 1.165) is 12.8 Å². The van der Waals surface area contributed by atoms with Gasteiger partial charge in [-0.2, -0.15) is 0 Å². The van der Waals surface area contributed by atoms with Gasteiger partial charge in [0.25, 0.3) is 0 Å². The SMILES string of the molecule is CC(=O)NC1CC(N)C1.Cl.Cl. The van der Waals surface area contributed by atoms with Crippen LogP contribution in [0.3, 0.4) is 0 Å². The van der Waals surface area contributed by atoms with Gasteiger partial charge < -0.3 is 11.1 Å². The molecule has 0 aromatic rings. The van der Waals surface area contributed by atoms with E-state index in [1.165, 1.54) is 6.92 Å². The third-order valence-corrected chi connectivity index (χ3v) is 1.58. The molecule has 3 N–H and O–H groups in total. The van der Waals surface area contributed by atoms with Crippen molar-refractivity contribution >= 4 is 30.7 Å². The molecule has 0 heterocycles. The van der Waals surface area contributed by atoms with E-state index in [0.29, 0.717) is 12.1 Å². The van der Waals surface area contributed by atoms with Crippen LogP contribution in [0.2, 0.25) is 0 Å². The number of nitrogens with two attached hydrogens (primary N) is 1. The molecule has 1 rings (SSSR count). The lowest BCUT2D eigenvalue weighted by Gasteiger charge is -2.32. The van der Waals surface area contributed by atoms with E-state index in [4.69, 9.17) is 5.73 Å². The molecule has 0 aliphatic heterocycles. The summed E-state index contributed by atoms with van der Waals surface area (Å²) in [7, 11) is 0. The zero-order valence-corrected chi connectivity index (χ0v) is 8.00. The molecule has 0 aromatic carbocycles. The van der Waals surface area contributed by atoms with Gasteiger partial charge in [-0.15, -0.1) is 24.8 Å². The zero-order valence-electron chi connectivity index (χ0n) is 6.37. The van der Waals surface area contributed by atoms with E-state index in [9.17, 15) is 4.79 Å². The number of hydrogen-bond donors (Lipinski definition) is 2. The summed E-state index contributed by atoms with van der Waals surface area (Å²) in [6.07, 6.45) is 1.89. The number of carbonyl (C=O) groups is 1. The highest BCUT2D eigenvalue weighted by Crippen LogP contribution is 2.16. The number of nitrogens with one attached hydrogen (secondary N) is 1. The lowest BCUT2D eigenvalue weighted by atomic mass is 9.88. The van der Waals surface area contributed by atoms with Gasteiger partial charge in [0.15, 0.2) is 0 Å². The van der Waals surface area contributed by atoms with Crippen LogP contribution >= 0.6 is 24.8 Å². The number of rotatable bonds is 1. The Hall–Kier alpha value is 0.01000. The fourth-order valence-electron chi connectivity index (χ4n) is 1.07. The van der Waals surface area contributed by atoms with E-state index in [1.54, 1.807) is 0 Å². The molecule has 3 nitrogen and oxygen atoms in total. The minimum Gasteiger partial charge on any atom is -0.353 e. The smallest absolute Gasteiger partial charge is 0.217 e. The highest BCUT2D eigenvalue weighted by molar-refractivity contribution is 5.85. The maximum absolute atomic E-state index is 10.4. The molecule has 0 bridgehead atoms. The second-order valence-corrected chi connectivity index (χ2v) is 2.63. The molecule has 0 spiro atoms. The van der Waals surface area contributed by atoms with Crippen LogP contribution < -0.4 is 11.1 Å². The van der Waals surface area contributed by atoms with Crippen LogP contribution in [0.25, 0.3) is 0 Å². The van der Waals surface area contributed by atoms with E-state index in [2.05, 4.69) is 5.32 Å². The highest BCUT2D eigenvalue weighted by Gasteiger charge is 2.25. The molecule has 1 amide bonds. The van der Waals surface area contributed by atoms with E-state index in [-0.39, 0.29) is 30.7 Å². The molecule has 68 valence electrons. The minimum atomic E-state index is 0. The molecule has 0 atom stereocenters. The van der Waals surface area contributed by atoms with Crippen molar-refractivity contribution in [1.82, 2.24) is 5.32 Å². The second kappa shape index (κ2) is 5.63. The predicted octanol–water partition coefficient (Wildman–Crippen LogP) is 0.456. The fourth-order valence-corrected chi connectivity index (χ4v) is 1.07. The molecule has 11 heavy (non-hydrogen) atoms. The number of halogens is 2. The van der Waals surface area contributed by atoms with Crippen LogP contribution in [0.1, 0.15) is 19.8 Å². The topological polar surface area (TPSA) is 55.1 Å². The lowest BCUT2D eigenvalue weighted by Crippen LogP contribution is -2.49. The van der Waals surface area contributed by atoms with Crippen molar-refractivity contribution in [3.05, 3.63) is 0 Å². The first-order valence-electron chi connectivity index (χ1n) is 3.21. The second-order valence-electron chi connectivity index (χ2n) is 2.63. The average molecular weight is 201 g/mol. The summed E-state index contributed by atoms with van der Waals surface area (Å²) >= 11 is 0. The highest BCUT2D eigenvalue weighted by atomic mass is 35.5. The predicted molar refractivity (Wildman–Crippen MR) is 49.3 cm³/mol. The van der Waals surface area contributed by atoms with Crippen LogP contribution in [0.15, 0.2) is 0 Å². The summed E-state index contributed by atoms with van der Waals surface area (Å²) in [6, 6.07) is 0.680. The Morgan fingerprint density at radius 1 is 1.45 bits per heavy atom. The summed E-state index contributed by atoms with van der Waals surface area (Å²) in [5.41, 5.74) is 5.49. The summed E-state index contributed by atoms with van der Waals surface area (Å²) in [5, 5.41) is 2.79. The quantitative estimate of drug-likeness (QED) is 0.647. The van der Waals surface area contributed by atoms with Crippen molar-refractivity contribution in [2.24, 2.45) is 5.73 Å². The minimum absolute atomic E-state index is 0. The molecular weight excluding hydrogens is 187 g/mol. The van der Waals surface area contributed by atoms with Crippen molar-refractivity contribution in [3.8, 4) is 0 Å². The average Bonchev–Trinajstić information content (AvgIpc) is 1.60. The fraction of sp³-hybridized carbons (Fsp3) is 0.833. The summed E-state index contributed by atoms with van der Waals surface area (Å²) in [6.45, 7) is 1.53. The molecule has 1 saturated carbocycles. The first-order chi connectivity index (χ1) is 4.18. The molecule has 1 aliphatic rings. The van der Waals surface area contributed by atoms with Gasteiger partial charge in [-0.1, -0.05) is 0 Å². The van der Waals surface area contributed by atoms with Crippen molar-refractivity contribution in [1.29, 1.82) is 0 Å². The Kier molecular flexibility index (Phi) is 6.96. The first-order valence-corrected chi connectivity index (χ1v) is 3.21. The first kappa shape index (κ1) is 13.6. The lowest BCUT2D eigenvalue weighted by molar-refractivity contribution is -0.120. The Morgan fingerprint density at radius 2 is 1.91 bits per heavy atom. The third-order valence-electron chi connectivity index (χ3n) is 1.58. The van der Waals surface area contributed by atoms with Crippen molar-refractivity contribution < 1.29 is 4.79 Å². The van der Waals surface area contributed by atoms with E-state index in [1.807, 2.05) is 0 Å². The molecule has 5 heteroatoms. The Balaban J connectivity index is 0. The standard InChI is InChI=1S/C6H12N2O.2ClH/c1-4(9)8-6-2-5(7)3-6;;/h5-6H,2-3,7H2,1H3,(H,8,9);2*1H. The molecule has 1 fully saturated rings. The molecule has 0 radical (unpaired) electrons.